The molecule has 2 aromatic carbocycles. The highest BCUT2D eigenvalue weighted by molar-refractivity contribution is 5.86. The summed E-state index contributed by atoms with van der Waals surface area (Å²) in [5.74, 6) is 0.870. The summed E-state index contributed by atoms with van der Waals surface area (Å²) < 4.78 is 0. The number of hydrogen-bond acceptors (Lipinski definition) is 1. The van der Waals surface area contributed by atoms with Crippen LogP contribution in [0.3, 0.4) is 0 Å². The quantitative estimate of drug-likeness (QED) is 0.725. The van der Waals surface area contributed by atoms with Gasteiger partial charge in [-0.2, -0.15) is 0 Å². The molecule has 0 saturated heterocycles. The third-order valence-electron chi connectivity index (χ3n) is 3.57. The van der Waals surface area contributed by atoms with Gasteiger partial charge in [0, 0.05) is 12.8 Å². The van der Waals surface area contributed by atoms with Gasteiger partial charge in [-0.05, 0) is 22.3 Å². The molecule has 19 heavy (non-hydrogen) atoms. The van der Waals surface area contributed by atoms with Crippen LogP contribution in [-0.4, -0.2) is 5.78 Å². The lowest BCUT2D eigenvalue weighted by Gasteiger charge is -2.09. The monoisotopic (exact) mass is 254 g/mol. The molecule has 1 unspecified atom stereocenters. The summed E-state index contributed by atoms with van der Waals surface area (Å²) in [7, 11) is 0. The molecule has 0 bridgehead atoms. The smallest absolute Gasteiger partial charge is 0.137 e. The maximum atomic E-state index is 12.0. The van der Waals surface area contributed by atoms with Gasteiger partial charge in [-0.15, -0.1) is 0 Å². The van der Waals surface area contributed by atoms with Gasteiger partial charge in [0.15, 0.2) is 0 Å². The normalized spacial score (nSPS) is 12.5. The first-order valence-corrected chi connectivity index (χ1v) is 7.18. The van der Waals surface area contributed by atoms with Crippen molar-refractivity contribution in [1.29, 1.82) is 0 Å². The molecule has 0 spiro atoms. The van der Waals surface area contributed by atoms with E-state index < -0.39 is 0 Å². The average molecular weight is 254 g/mol. The van der Waals surface area contributed by atoms with E-state index in [0.29, 0.717) is 24.5 Å². The van der Waals surface area contributed by atoms with Crippen LogP contribution in [-0.2, 0) is 11.2 Å². The lowest BCUT2D eigenvalue weighted by Crippen LogP contribution is -2.08. The van der Waals surface area contributed by atoms with Crippen LogP contribution in [0.1, 0.15) is 38.7 Å². The molecule has 0 heterocycles. The van der Waals surface area contributed by atoms with Gasteiger partial charge < -0.3 is 0 Å². The van der Waals surface area contributed by atoms with Crippen molar-refractivity contribution in [2.24, 2.45) is 5.92 Å². The first-order valence-electron chi connectivity index (χ1n) is 7.18. The van der Waals surface area contributed by atoms with Gasteiger partial charge in [0.2, 0.25) is 0 Å². The number of Topliss-reactive ketones (excluding diaryl/α,β-unsaturated/α-hetero) is 1. The Morgan fingerprint density at radius 3 is 2.58 bits per heavy atom. The van der Waals surface area contributed by atoms with Gasteiger partial charge in [-0.1, -0.05) is 69.2 Å². The molecular formula is C18H22O. The average Bonchev–Trinajstić information content (AvgIpc) is 2.38. The lowest BCUT2D eigenvalue weighted by molar-refractivity contribution is -0.119. The lowest BCUT2D eigenvalue weighted by atomic mass is 9.95. The zero-order valence-corrected chi connectivity index (χ0v) is 11.9. The van der Waals surface area contributed by atoms with Crippen LogP contribution < -0.4 is 0 Å². The van der Waals surface area contributed by atoms with E-state index in [-0.39, 0.29) is 0 Å². The Morgan fingerprint density at radius 2 is 1.84 bits per heavy atom. The molecular weight excluding hydrogens is 232 g/mol. The Kier molecular flexibility index (Phi) is 4.73. The number of ketones is 1. The molecule has 0 amide bonds. The zero-order chi connectivity index (χ0) is 13.7. The highest BCUT2D eigenvalue weighted by Crippen LogP contribution is 2.17. The second-order valence-electron chi connectivity index (χ2n) is 5.49. The van der Waals surface area contributed by atoms with Crippen molar-refractivity contribution in [2.45, 2.75) is 39.5 Å². The molecule has 2 aromatic rings. The first kappa shape index (κ1) is 13.8. The van der Waals surface area contributed by atoms with E-state index in [4.69, 9.17) is 0 Å². The fourth-order valence-corrected chi connectivity index (χ4v) is 2.63. The second-order valence-corrected chi connectivity index (χ2v) is 5.49. The highest BCUT2D eigenvalue weighted by atomic mass is 16.1. The van der Waals surface area contributed by atoms with E-state index >= 15 is 0 Å². The summed E-state index contributed by atoms with van der Waals surface area (Å²) >= 11 is 0. The van der Waals surface area contributed by atoms with Crippen LogP contribution in [0.2, 0.25) is 0 Å². The largest absolute Gasteiger partial charge is 0.299 e. The van der Waals surface area contributed by atoms with Crippen molar-refractivity contribution in [1.82, 2.24) is 0 Å². The minimum Gasteiger partial charge on any atom is -0.299 e. The fraction of sp³-hybridized carbons (Fsp3) is 0.389. The number of carbonyl (C=O) groups is 1. The van der Waals surface area contributed by atoms with Crippen molar-refractivity contribution >= 4 is 16.6 Å². The molecule has 0 radical (unpaired) electrons. The summed E-state index contributed by atoms with van der Waals surface area (Å²) in [6, 6.07) is 14.6. The molecule has 0 aliphatic rings. The summed E-state index contributed by atoms with van der Waals surface area (Å²) in [5.41, 5.74) is 1.13. The third-order valence-corrected chi connectivity index (χ3v) is 3.57. The van der Waals surface area contributed by atoms with Gasteiger partial charge in [0.1, 0.15) is 5.78 Å². The second kappa shape index (κ2) is 6.51. The Bertz CT molecular complexity index is 556. The van der Waals surface area contributed by atoms with Crippen LogP contribution in [0, 0.1) is 5.92 Å². The van der Waals surface area contributed by atoms with E-state index in [1.807, 2.05) is 12.1 Å². The molecule has 0 aromatic heterocycles. The van der Waals surface area contributed by atoms with E-state index in [2.05, 4.69) is 44.2 Å². The van der Waals surface area contributed by atoms with Gasteiger partial charge in [0.05, 0.1) is 0 Å². The molecule has 0 aliphatic heterocycles. The maximum Gasteiger partial charge on any atom is 0.137 e. The molecule has 0 aliphatic carbocycles. The first-order chi connectivity index (χ1) is 9.19. The predicted octanol–water partition coefficient (Wildman–Crippen LogP) is 4.78. The fourth-order valence-electron chi connectivity index (χ4n) is 2.63. The molecule has 0 fully saturated rings. The topological polar surface area (TPSA) is 17.1 Å². The van der Waals surface area contributed by atoms with Gasteiger partial charge in [0.25, 0.3) is 0 Å². The summed E-state index contributed by atoms with van der Waals surface area (Å²) in [5, 5.41) is 2.45. The molecule has 1 heteroatoms. The number of fused-ring (bicyclic) bond motifs is 1. The molecule has 100 valence electrons. The van der Waals surface area contributed by atoms with Crippen molar-refractivity contribution in [3.63, 3.8) is 0 Å². The van der Waals surface area contributed by atoms with Gasteiger partial charge in [-0.3, -0.25) is 4.79 Å². The van der Waals surface area contributed by atoms with Crippen molar-refractivity contribution in [2.75, 3.05) is 0 Å². The van der Waals surface area contributed by atoms with E-state index in [0.717, 1.165) is 18.4 Å². The minimum atomic E-state index is 0.358. The van der Waals surface area contributed by atoms with Crippen molar-refractivity contribution in [3.05, 3.63) is 48.0 Å². The number of carbonyl (C=O) groups excluding carboxylic acids is 1. The highest BCUT2D eigenvalue weighted by Gasteiger charge is 2.09. The van der Waals surface area contributed by atoms with Crippen molar-refractivity contribution in [3.8, 4) is 0 Å². The SMILES string of the molecule is CCCC(C)CC(=O)Cc1ccc2ccccc2c1. The molecule has 1 nitrogen and oxygen atoms in total. The van der Waals surface area contributed by atoms with Crippen molar-refractivity contribution < 1.29 is 4.79 Å². The number of hydrogen-bond donors (Lipinski definition) is 0. The van der Waals surface area contributed by atoms with Crippen LogP contribution in [0.4, 0.5) is 0 Å². The Hall–Kier alpha value is -1.63. The van der Waals surface area contributed by atoms with Crippen LogP contribution in [0.25, 0.3) is 10.8 Å². The van der Waals surface area contributed by atoms with E-state index in [1.165, 1.54) is 10.8 Å². The summed E-state index contributed by atoms with van der Waals surface area (Å²) in [6.07, 6.45) is 3.58. The molecule has 0 saturated carbocycles. The van der Waals surface area contributed by atoms with E-state index in [1.54, 1.807) is 0 Å². The molecule has 2 rings (SSSR count). The number of rotatable bonds is 6. The van der Waals surface area contributed by atoms with Crippen LogP contribution in [0.15, 0.2) is 42.5 Å². The zero-order valence-electron chi connectivity index (χ0n) is 11.9. The molecule has 1 atom stereocenters. The summed E-state index contributed by atoms with van der Waals surface area (Å²) in [6.45, 7) is 4.34. The Balaban J connectivity index is 2.02. The minimum absolute atomic E-state index is 0.358. The molecule has 0 N–H and O–H groups in total. The van der Waals surface area contributed by atoms with E-state index in [9.17, 15) is 4.79 Å². The van der Waals surface area contributed by atoms with Gasteiger partial charge >= 0.3 is 0 Å². The third kappa shape index (κ3) is 3.92. The summed E-state index contributed by atoms with van der Waals surface area (Å²) in [4.78, 5) is 12.0. The standard InChI is InChI=1S/C18H22O/c1-3-6-14(2)11-18(19)13-15-9-10-16-7-4-5-8-17(16)12-15/h4-5,7-10,12,14H,3,6,11,13H2,1-2H3. The predicted molar refractivity (Wildman–Crippen MR) is 81.3 cm³/mol. The maximum absolute atomic E-state index is 12.0. The van der Waals surface area contributed by atoms with Gasteiger partial charge in [-0.25, -0.2) is 0 Å². The number of benzene rings is 2. The van der Waals surface area contributed by atoms with Crippen LogP contribution in [0.5, 0.6) is 0 Å². The Morgan fingerprint density at radius 1 is 1.11 bits per heavy atom. The van der Waals surface area contributed by atoms with Crippen LogP contribution >= 0.6 is 0 Å². The Labute approximate surface area is 115 Å².